The minimum Gasteiger partial charge on any atom is -0.310 e. The van der Waals surface area contributed by atoms with Gasteiger partial charge in [0.05, 0.1) is 16.5 Å². The van der Waals surface area contributed by atoms with Crippen LogP contribution in [0.3, 0.4) is 0 Å². The summed E-state index contributed by atoms with van der Waals surface area (Å²) in [7, 11) is 0. The van der Waals surface area contributed by atoms with Gasteiger partial charge in [-0.15, -0.1) is 0 Å². The van der Waals surface area contributed by atoms with Gasteiger partial charge in [0.25, 0.3) is 0 Å². The highest BCUT2D eigenvalue weighted by Gasteiger charge is 2.54. The first-order chi connectivity index (χ1) is 37.2. The smallest absolute Gasteiger partial charge is 0.0725 e. The molecule has 1 nitrogen and oxygen atoms in total. The maximum absolute atomic E-state index is 2.51. The fourth-order valence-corrected chi connectivity index (χ4v) is 14.6. The van der Waals surface area contributed by atoms with Crippen LogP contribution in [0.2, 0.25) is 0 Å². The van der Waals surface area contributed by atoms with Gasteiger partial charge in [-0.3, -0.25) is 0 Å². The summed E-state index contributed by atoms with van der Waals surface area (Å²) in [5.74, 6) is 0. The largest absolute Gasteiger partial charge is 0.310 e. The quantitative estimate of drug-likeness (QED) is 0.166. The van der Waals surface area contributed by atoms with Crippen molar-refractivity contribution in [3.8, 4) is 66.8 Å². The molecule has 0 radical (unpaired) electrons. The Morgan fingerprint density at radius 2 is 0.693 bits per heavy atom. The number of hydrogen-bond acceptors (Lipinski definition) is 1. The van der Waals surface area contributed by atoms with Crippen molar-refractivity contribution >= 4 is 22.6 Å². The highest BCUT2D eigenvalue weighted by Crippen LogP contribution is 2.66. The molecule has 0 saturated heterocycles. The molecule has 11 aromatic rings. The highest BCUT2D eigenvalue weighted by atomic mass is 15.1. The SMILES string of the molecule is C1=CC2=C(CC1)c1ccccc1C21c2ccccc2-c2c(N(c3ccc(-c4ccccc4)cc3)c3ccc(-c4cccc5c4-c4ccccc4C54c5ccccc5-c5ccccc5-c5ccccc54)cc3)cccc21. The number of benzene rings is 11. The lowest BCUT2D eigenvalue weighted by atomic mass is 9.66. The molecule has 75 heavy (non-hydrogen) atoms. The number of nitrogens with zero attached hydrogens (tertiary/aromatic N) is 1. The second kappa shape index (κ2) is 16.1. The molecule has 0 aromatic heterocycles. The molecule has 0 N–H and O–H groups in total. The summed E-state index contributed by atoms with van der Waals surface area (Å²) in [5.41, 5.74) is 31.3. The summed E-state index contributed by atoms with van der Waals surface area (Å²) in [6.45, 7) is 0. The fourth-order valence-electron chi connectivity index (χ4n) is 14.6. The molecule has 350 valence electrons. The van der Waals surface area contributed by atoms with Crippen molar-refractivity contribution in [1.29, 1.82) is 0 Å². The Bertz CT molecular complexity index is 4160. The fraction of sp³-hybridized carbons (Fsp3) is 0.0541. The molecule has 0 aliphatic heterocycles. The minimum atomic E-state index is -0.539. The molecule has 1 atom stereocenters. The Kier molecular flexibility index (Phi) is 9.06. The summed E-state index contributed by atoms with van der Waals surface area (Å²) < 4.78 is 0. The number of allylic oxidation sites excluding steroid dienone is 4. The molecule has 1 unspecified atom stereocenters. The molecule has 2 spiro atoms. The molecule has 11 aromatic carbocycles. The lowest BCUT2D eigenvalue weighted by molar-refractivity contribution is 0.775. The number of anilines is 3. The number of hydrogen-bond donors (Lipinski definition) is 0. The van der Waals surface area contributed by atoms with Crippen LogP contribution in [-0.2, 0) is 10.8 Å². The summed E-state index contributed by atoms with van der Waals surface area (Å²) in [6, 6.07) is 98.4. The Hall–Kier alpha value is -9.30. The zero-order chi connectivity index (χ0) is 49.2. The van der Waals surface area contributed by atoms with Gasteiger partial charge in [-0.2, -0.15) is 0 Å². The molecule has 0 heterocycles. The first kappa shape index (κ1) is 42.2. The van der Waals surface area contributed by atoms with Gasteiger partial charge in [-0.05, 0) is 160 Å². The van der Waals surface area contributed by atoms with Crippen molar-refractivity contribution in [3.63, 3.8) is 0 Å². The molecule has 0 amide bonds. The monoisotopic (exact) mass is 951 g/mol. The third-order valence-electron chi connectivity index (χ3n) is 17.4. The van der Waals surface area contributed by atoms with E-state index >= 15 is 0 Å². The van der Waals surface area contributed by atoms with Gasteiger partial charge in [0.15, 0.2) is 0 Å². The average molecular weight is 952 g/mol. The van der Waals surface area contributed by atoms with Crippen LogP contribution in [0.1, 0.15) is 57.3 Å². The lowest BCUT2D eigenvalue weighted by Gasteiger charge is -2.35. The molecule has 0 bridgehead atoms. The third kappa shape index (κ3) is 5.68. The van der Waals surface area contributed by atoms with E-state index in [1.807, 2.05) is 0 Å². The van der Waals surface area contributed by atoms with Crippen molar-refractivity contribution in [1.82, 2.24) is 0 Å². The van der Waals surface area contributed by atoms with Crippen LogP contribution in [0.5, 0.6) is 0 Å². The van der Waals surface area contributed by atoms with Crippen molar-refractivity contribution in [2.45, 2.75) is 23.7 Å². The van der Waals surface area contributed by atoms with E-state index in [4.69, 9.17) is 0 Å². The zero-order valence-electron chi connectivity index (χ0n) is 41.3. The predicted molar refractivity (Wildman–Crippen MR) is 311 cm³/mol. The molecule has 0 fully saturated rings. The Labute approximate surface area is 438 Å². The van der Waals surface area contributed by atoms with Gasteiger partial charge in [-0.25, -0.2) is 0 Å². The van der Waals surface area contributed by atoms with E-state index in [-0.39, 0.29) is 0 Å². The normalized spacial score (nSPS) is 16.2. The number of fused-ring (bicyclic) bond motifs is 21. The molecule has 0 saturated carbocycles. The Morgan fingerprint density at radius 1 is 0.280 bits per heavy atom. The Morgan fingerprint density at radius 3 is 1.31 bits per heavy atom. The average Bonchev–Trinajstić information content (AvgIpc) is 4.08. The summed E-state index contributed by atoms with van der Waals surface area (Å²) in [4.78, 5) is 2.51. The maximum Gasteiger partial charge on any atom is 0.0725 e. The Balaban J connectivity index is 0.898. The van der Waals surface area contributed by atoms with E-state index in [9.17, 15) is 0 Å². The van der Waals surface area contributed by atoms with Gasteiger partial charge in [0.1, 0.15) is 0 Å². The van der Waals surface area contributed by atoms with E-state index in [1.54, 1.807) is 0 Å². The van der Waals surface area contributed by atoms with Gasteiger partial charge in [0, 0.05) is 16.9 Å². The first-order valence-corrected chi connectivity index (χ1v) is 26.6. The van der Waals surface area contributed by atoms with Gasteiger partial charge in [-0.1, -0.05) is 243 Å². The molecular formula is C74H49N. The van der Waals surface area contributed by atoms with E-state index < -0.39 is 10.8 Å². The van der Waals surface area contributed by atoms with Gasteiger partial charge in [0.2, 0.25) is 0 Å². The van der Waals surface area contributed by atoms with Crippen LogP contribution in [0.15, 0.2) is 279 Å². The van der Waals surface area contributed by atoms with Gasteiger partial charge >= 0.3 is 0 Å². The zero-order valence-corrected chi connectivity index (χ0v) is 41.3. The minimum absolute atomic E-state index is 0.403. The van der Waals surface area contributed by atoms with Crippen molar-refractivity contribution in [3.05, 3.63) is 323 Å². The second-order valence-corrected chi connectivity index (χ2v) is 20.8. The molecular weight excluding hydrogens is 903 g/mol. The van der Waals surface area contributed by atoms with Crippen LogP contribution in [0, 0.1) is 0 Å². The molecule has 5 aliphatic rings. The summed E-state index contributed by atoms with van der Waals surface area (Å²) in [6.07, 6.45) is 6.96. The van der Waals surface area contributed by atoms with Gasteiger partial charge < -0.3 is 4.90 Å². The highest BCUT2D eigenvalue weighted by molar-refractivity contribution is 6.04. The first-order valence-electron chi connectivity index (χ1n) is 26.6. The van der Waals surface area contributed by atoms with Crippen molar-refractivity contribution in [2.75, 3.05) is 4.90 Å². The van der Waals surface area contributed by atoms with E-state index in [0.29, 0.717) is 0 Å². The summed E-state index contributed by atoms with van der Waals surface area (Å²) in [5, 5.41) is 0. The molecule has 5 aliphatic carbocycles. The molecule has 1 heteroatoms. The van der Waals surface area contributed by atoms with Crippen LogP contribution in [0.4, 0.5) is 17.1 Å². The topological polar surface area (TPSA) is 3.24 Å². The summed E-state index contributed by atoms with van der Waals surface area (Å²) >= 11 is 0. The predicted octanol–water partition coefficient (Wildman–Crippen LogP) is 18.9. The van der Waals surface area contributed by atoms with E-state index in [1.165, 1.54) is 128 Å². The van der Waals surface area contributed by atoms with Crippen LogP contribution in [0.25, 0.3) is 72.3 Å². The second-order valence-electron chi connectivity index (χ2n) is 20.8. The van der Waals surface area contributed by atoms with E-state index in [2.05, 4.69) is 278 Å². The van der Waals surface area contributed by atoms with Crippen molar-refractivity contribution in [2.24, 2.45) is 0 Å². The van der Waals surface area contributed by atoms with Crippen LogP contribution >= 0.6 is 0 Å². The standard InChI is InChI=1S/C74H49N/c1-2-20-48(21-3-1)49-40-44-51(45-41-49)75(70-39-19-38-69-72(70)61-29-11-17-36-67(61)74(69)64-33-14-8-26-58(64)59-27-9-15-34-65(59)74)52-46-42-50(43-47-52)53-30-18-37-68-71(53)60-28-10-16-35-66(60)73(68)62-31-12-6-24-56(62)54-22-4-5-23-55(54)57-25-7-13-32-63(57)73/h1-8,10-26,28-47H,9,27H2. The maximum atomic E-state index is 2.51. The lowest BCUT2D eigenvalue weighted by Crippen LogP contribution is -2.29. The van der Waals surface area contributed by atoms with Crippen LogP contribution < -0.4 is 4.90 Å². The molecule has 16 rings (SSSR count). The van der Waals surface area contributed by atoms with E-state index in [0.717, 1.165) is 24.2 Å². The number of rotatable bonds is 5. The van der Waals surface area contributed by atoms with Crippen molar-refractivity contribution < 1.29 is 0 Å². The van der Waals surface area contributed by atoms with Crippen LogP contribution in [-0.4, -0.2) is 0 Å². The third-order valence-corrected chi connectivity index (χ3v) is 17.4.